The van der Waals surface area contributed by atoms with Crippen molar-refractivity contribution >= 4 is 6.08 Å². The third kappa shape index (κ3) is 2.67. The highest BCUT2D eigenvalue weighted by atomic mass is 16.3. The average molecular weight is 385 g/mol. The summed E-state index contributed by atoms with van der Waals surface area (Å²) in [6, 6.07) is 0. The first-order chi connectivity index (χ1) is 13.3. The number of hydrogen-bond acceptors (Lipinski definition) is 3. The van der Waals surface area contributed by atoms with E-state index in [-0.39, 0.29) is 17.6 Å². The van der Waals surface area contributed by atoms with Gasteiger partial charge in [0.25, 0.3) is 0 Å². The van der Waals surface area contributed by atoms with E-state index in [0.29, 0.717) is 17.3 Å². The number of aromatic nitrogens is 2. The number of fused-ring (bicyclic) bond motifs is 5. The Morgan fingerprint density at radius 3 is 2.61 bits per heavy atom. The van der Waals surface area contributed by atoms with E-state index in [0.717, 1.165) is 43.1 Å². The van der Waals surface area contributed by atoms with Crippen LogP contribution >= 0.6 is 0 Å². The predicted molar refractivity (Wildman–Crippen MR) is 110 cm³/mol. The van der Waals surface area contributed by atoms with Crippen molar-refractivity contribution < 1.29 is 10.2 Å². The van der Waals surface area contributed by atoms with Crippen LogP contribution in [0, 0.1) is 34.5 Å². The van der Waals surface area contributed by atoms with Gasteiger partial charge in [-0.1, -0.05) is 19.9 Å². The fourth-order valence-electron chi connectivity index (χ4n) is 7.96. The Balaban J connectivity index is 1.44. The van der Waals surface area contributed by atoms with Gasteiger partial charge in [0, 0.05) is 24.2 Å². The van der Waals surface area contributed by atoms with Gasteiger partial charge in [0.15, 0.2) is 0 Å². The van der Waals surface area contributed by atoms with E-state index in [2.05, 4.69) is 25.0 Å². The molecule has 0 spiro atoms. The van der Waals surface area contributed by atoms with Gasteiger partial charge in [0.1, 0.15) is 0 Å². The fraction of sp³-hybridized carbons (Fsp3) is 0.792. The minimum Gasteiger partial charge on any atom is -0.393 e. The number of aliphatic hydroxyl groups is 2. The van der Waals surface area contributed by atoms with E-state index >= 15 is 0 Å². The summed E-state index contributed by atoms with van der Waals surface area (Å²) in [5.74, 6) is 2.78. The smallest absolute Gasteiger partial charge is 0.0809 e. The largest absolute Gasteiger partial charge is 0.393 e. The van der Waals surface area contributed by atoms with Crippen molar-refractivity contribution in [3.05, 3.63) is 23.5 Å². The van der Waals surface area contributed by atoms with E-state index < -0.39 is 0 Å². The Morgan fingerprint density at radius 1 is 1.07 bits per heavy atom. The number of nitrogens with zero attached hydrogens (tertiary/aromatic N) is 2. The zero-order valence-corrected chi connectivity index (χ0v) is 17.6. The van der Waals surface area contributed by atoms with E-state index in [1.165, 1.54) is 31.3 Å². The van der Waals surface area contributed by atoms with Crippen molar-refractivity contribution in [2.24, 2.45) is 41.5 Å². The Morgan fingerprint density at radius 2 is 1.86 bits per heavy atom. The second-order valence-electron chi connectivity index (χ2n) is 10.9. The van der Waals surface area contributed by atoms with Crippen molar-refractivity contribution in [2.45, 2.75) is 77.4 Å². The lowest BCUT2D eigenvalue weighted by atomic mass is 9.45. The highest BCUT2D eigenvalue weighted by molar-refractivity contribution is 5.54. The summed E-state index contributed by atoms with van der Waals surface area (Å²) >= 11 is 0. The van der Waals surface area contributed by atoms with E-state index in [4.69, 9.17) is 0 Å². The quantitative estimate of drug-likeness (QED) is 0.764. The maximum Gasteiger partial charge on any atom is 0.0809 e. The number of aryl methyl sites for hydroxylation is 1. The molecule has 4 aliphatic rings. The summed E-state index contributed by atoms with van der Waals surface area (Å²) in [7, 11) is 1.94. The van der Waals surface area contributed by atoms with Gasteiger partial charge < -0.3 is 10.2 Å². The molecular formula is C24H36N2O2. The molecule has 4 aliphatic carbocycles. The second kappa shape index (κ2) is 6.43. The molecule has 5 rings (SSSR count). The molecule has 0 radical (unpaired) electrons. The molecule has 2 N–H and O–H groups in total. The van der Waals surface area contributed by atoms with Gasteiger partial charge in [-0.3, -0.25) is 4.68 Å². The molecule has 1 heterocycles. The standard InChI is InChI=1S/C24H36N2O2/c1-23-8-6-18(27)12-17(23)4-5-19-20(23)7-9-24(2)21(19)11-16(22(24)28)10-15-13-25-26(3)14-15/h10,13-14,17-22,27-28H,4-9,11-12H2,1-3H3/b16-10+/t17-,18-,19-,20+,21+,22+,23-,24+/m0/s1. The summed E-state index contributed by atoms with van der Waals surface area (Å²) in [5.41, 5.74) is 2.73. The molecular weight excluding hydrogens is 348 g/mol. The van der Waals surface area contributed by atoms with Gasteiger partial charge in [-0.2, -0.15) is 5.10 Å². The van der Waals surface area contributed by atoms with Crippen molar-refractivity contribution in [1.82, 2.24) is 9.78 Å². The summed E-state index contributed by atoms with van der Waals surface area (Å²) in [4.78, 5) is 0. The van der Waals surface area contributed by atoms with Gasteiger partial charge >= 0.3 is 0 Å². The zero-order valence-electron chi connectivity index (χ0n) is 17.6. The summed E-state index contributed by atoms with van der Waals surface area (Å²) in [6.45, 7) is 4.88. The van der Waals surface area contributed by atoms with Crippen LogP contribution in [0.1, 0.15) is 70.8 Å². The van der Waals surface area contributed by atoms with Crippen molar-refractivity contribution in [3.8, 4) is 0 Å². The highest BCUT2D eigenvalue weighted by Crippen LogP contribution is 2.67. The Labute approximate surface area is 169 Å². The first kappa shape index (κ1) is 18.9. The lowest BCUT2D eigenvalue weighted by molar-refractivity contribution is -0.133. The van der Waals surface area contributed by atoms with Crippen molar-refractivity contribution in [2.75, 3.05) is 0 Å². The molecule has 154 valence electrons. The van der Waals surface area contributed by atoms with Crippen molar-refractivity contribution in [3.63, 3.8) is 0 Å². The van der Waals surface area contributed by atoms with Crippen LogP contribution in [0.5, 0.6) is 0 Å². The molecule has 0 saturated heterocycles. The SMILES string of the molecule is Cn1cc(/C=C2\C[C@@H]3[C@H]4CC[C@H]5C[C@@H](O)CC[C@]5(C)[C@@H]4CC[C@@]3(C)[C@@H]2O)cn1. The number of aliphatic hydroxyl groups excluding tert-OH is 2. The molecule has 0 unspecified atom stereocenters. The molecule has 4 saturated carbocycles. The van der Waals surface area contributed by atoms with Gasteiger partial charge in [-0.05, 0) is 86.0 Å². The Hall–Kier alpha value is -1.13. The van der Waals surface area contributed by atoms with Crippen LogP contribution in [0.25, 0.3) is 6.08 Å². The molecule has 8 atom stereocenters. The van der Waals surface area contributed by atoms with Crippen LogP contribution in [0.15, 0.2) is 18.0 Å². The minimum absolute atomic E-state index is 0.0204. The first-order valence-electron chi connectivity index (χ1n) is 11.4. The summed E-state index contributed by atoms with van der Waals surface area (Å²) in [6.07, 6.45) is 14.9. The van der Waals surface area contributed by atoms with E-state index in [1.807, 2.05) is 24.1 Å². The third-order valence-corrected chi connectivity index (χ3v) is 9.58. The fourth-order valence-corrected chi connectivity index (χ4v) is 7.96. The van der Waals surface area contributed by atoms with Gasteiger partial charge in [0.2, 0.25) is 0 Å². The lowest BCUT2D eigenvalue weighted by Crippen LogP contribution is -2.54. The molecule has 1 aromatic rings. The van der Waals surface area contributed by atoms with Crippen LogP contribution < -0.4 is 0 Å². The molecule has 4 heteroatoms. The van der Waals surface area contributed by atoms with E-state index in [9.17, 15) is 10.2 Å². The maximum atomic E-state index is 11.3. The molecule has 28 heavy (non-hydrogen) atoms. The Bertz CT molecular complexity index is 785. The summed E-state index contributed by atoms with van der Waals surface area (Å²) < 4.78 is 1.83. The number of hydrogen-bond donors (Lipinski definition) is 2. The minimum atomic E-state index is -0.322. The first-order valence-corrected chi connectivity index (χ1v) is 11.4. The maximum absolute atomic E-state index is 11.3. The molecule has 1 aromatic heterocycles. The van der Waals surface area contributed by atoms with Gasteiger partial charge in [-0.15, -0.1) is 0 Å². The Kier molecular flexibility index (Phi) is 4.34. The molecule has 0 bridgehead atoms. The molecule has 0 aliphatic heterocycles. The lowest BCUT2D eigenvalue weighted by Gasteiger charge is -2.60. The van der Waals surface area contributed by atoms with Gasteiger partial charge in [-0.25, -0.2) is 0 Å². The van der Waals surface area contributed by atoms with Crippen LogP contribution in [-0.4, -0.2) is 32.2 Å². The van der Waals surface area contributed by atoms with Crippen LogP contribution in [-0.2, 0) is 7.05 Å². The molecule has 0 aromatic carbocycles. The summed E-state index contributed by atoms with van der Waals surface area (Å²) in [5, 5.41) is 25.8. The van der Waals surface area contributed by atoms with Gasteiger partial charge in [0.05, 0.1) is 18.4 Å². The number of rotatable bonds is 1. The van der Waals surface area contributed by atoms with Crippen molar-refractivity contribution in [1.29, 1.82) is 0 Å². The topological polar surface area (TPSA) is 58.3 Å². The molecule has 4 fully saturated rings. The van der Waals surface area contributed by atoms with Crippen LogP contribution in [0.4, 0.5) is 0 Å². The third-order valence-electron chi connectivity index (χ3n) is 9.58. The normalized spacial score (nSPS) is 49.5. The highest BCUT2D eigenvalue weighted by Gasteiger charge is 2.61. The average Bonchev–Trinajstić information content (AvgIpc) is 3.18. The second-order valence-corrected chi connectivity index (χ2v) is 10.9. The van der Waals surface area contributed by atoms with E-state index in [1.54, 1.807) is 0 Å². The molecule has 0 amide bonds. The van der Waals surface area contributed by atoms with Crippen LogP contribution in [0.2, 0.25) is 0 Å². The predicted octanol–water partition coefficient (Wildman–Crippen LogP) is 4.18. The zero-order chi connectivity index (χ0) is 19.7. The molecule has 4 nitrogen and oxygen atoms in total. The monoisotopic (exact) mass is 384 g/mol. The van der Waals surface area contributed by atoms with Crippen LogP contribution in [0.3, 0.4) is 0 Å².